The Balaban J connectivity index is 0.00000256. The third-order valence-electron chi connectivity index (χ3n) is 4.89. The molecule has 0 amide bonds. The molecule has 1 aromatic heterocycles. The van der Waals surface area contributed by atoms with E-state index in [2.05, 4.69) is 34.3 Å². The summed E-state index contributed by atoms with van der Waals surface area (Å²) >= 11 is 0. The number of hydrogen-bond acceptors (Lipinski definition) is 4. The van der Waals surface area contributed by atoms with Gasteiger partial charge in [0.1, 0.15) is 6.61 Å². The Morgan fingerprint density at radius 1 is 0.933 bits per heavy atom. The van der Waals surface area contributed by atoms with E-state index < -0.39 is 0 Å². The monoisotopic (exact) mass is 424 g/mol. The Hall–Kier alpha value is -3.38. The fraction of sp³-hybridized carbons (Fsp3) is 0.174. The topological polar surface area (TPSA) is 79.1 Å². The summed E-state index contributed by atoms with van der Waals surface area (Å²) in [6.07, 6.45) is 0. The number of aromatic nitrogens is 2. The van der Waals surface area contributed by atoms with Gasteiger partial charge >= 0.3 is 5.69 Å². The number of anilines is 1. The van der Waals surface area contributed by atoms with E-state index in [9.17, 15) is 4.79 Å². The van der Waals surface area contributed by atoms with Crippen molar-refractivity contribution in [3.05, 3.63) is 87.8 Å². The lowest BCUT2D eigenvalue weighted by atomic mass is 10.1. The van der Waals surface area contributed by atoms with E-state index in [-0.39, 0.29) is 18.1 Å². The zero-order valence-corrected chi connectivity index (χ0v) is 17.5. The molecule has 0 unspecified atom stereocenters. The van der Waals surface area contributed by atoms with Crippen LogP contribution in [-0.4, -0.2) is 17.1 Å². The largest absolute Gasteiger partial charge is 1.00 e. The molecular formula is C23H23ClN3O3-. The molecule has 3 aromatic carbocycles. The molecule has 0 atom stereocenters. The standard InChI is InChI=1S/C23H23N3O3.ClH/c1-15-5-3-4-6-17(15)14-29-21-10-7-16(11-22(21)28-2)13-24-18-8-9-19-20(12-18)26-23(27)25-19;/h3-12,24H,13-14H2,1-2H3,(H2,25,26,27);1H/p-1. The maximum absolute atomic E-state index is 11.4. The number of methoxy groups -OCH3 is 1. The van der Waals surface area contributed by atoms with Crippen molar-refractivity contribution in [3.63, 3.8) is 0 Å². The summed E-state index contributed by atoms with van der Waals surface area (Å²) in [7, 11) is 1.64. The number of fused-ring (bicyclic) bond motifs is 1. The van der Waals surface area contributed by atoms with Crippen molar-refractivity contribution in [2.45, 2.75) is 20.1 Å². The van der Waals surface area contributed by atoms with Gasteiger partial charge in [0.05, 0.1) is 18.1 Å². The van der Waals surface area contributed by atoms with Crippen LogP contribution in [0.4, 0.5) is 5.69 Å². The van der Waals surface area contributed by atoms with Gasteiger partial charge in [0.25, 0.3) is 0 Å². The van der Waals surface area contributed by atoms with Crippen molar-refractivity contribution in [1.82, 2.24) is 9.97 Å². The summed E-state index contributed by atoms with van der Waals surface area (Å²) in [4.78, 5) is 16.9. The van der Waals surface area contributed by atoms with Crippen molar-refractivity contribution in [1.29, 1.82) is 0 Å². The van der Waals surface area contributed by atoms with E-state index in [1.54, 1.807) is 7.11 Å². The molecule has 4 rings (SSSR count). The zero-order valence-electron chi connectivity index (χ0n) is 16.8. The number of aryl methyl sites for hydroxylation is 1. The van der Waals surface area contributed by atoms with Gasteiger partial charge in [0, 0.05) is 12.2 Å². The Kier molecular flexibility index (Phi) is 6.69. The summed E-state index contributed by atoms with van der Waals surface area (Å²) in [6, 6.07) is 19.8. The van der Waals surface area contributed by atoms with E-state index in [0.29, 0.717) is 24.7 Å². The zero-order chi connectivity index (χ0) is 20.2. The average molecular weight is 425 g/mol. The first-order valence-electron chi connectivity index (χ1n) is 9.42. The molecule has 0 spiro atoms. The van der Waals surface area contributed by atoms with Crippen LogP contribution in [0.2, 0.25) is 0 Å². The highest BCUT2D eigenvalue weighted by Crippen LogP contribution is 2.29. The van der Waals surface area contributed by atoms with Crippen LogP contribution in [0.1, 0.15) is 16.7 Å². The average Bonchev–Trinajstić information content (AvgIpc) is 3.11. The Morgan fingerprint density at radius 3 is 2.53 bits per heavy atom. The van der Waals surface area contributed by atoms with E-state index in [0.717, 1.165) is 27.8 Å². The van der Waals surface area contributed by atoms with Crippen molar-refractivity contribution in [3.8, 4) is 11.5 Å². The highest BCUT2D eigenvalue weighted by molar-refractivity contribution is 5.78. The van der Waals surface area contributed by atoms with Crippen LogP contribution >= 0.6 is 0 Å². The van der Waals surface area contributed by atoms with Crippen LogP contribution in [0, 0.1) is 6.92 Å². The van der Waals surface area contributed by atoms with Crippen molar-refractivity contribution >= 4 is 16.7 Å². The fourth-order valence-electron chi connectivity index (χ4n) is 3.22. The molecule has 0 saturated carbocycles. The van der Waals surface area contributed by atoms with Crippen LogP contribution in [0.5, 0.6) is 11.5 Å². The van der Waals surface area contributed by atoms with Crippen molar-refractivity contribution < 1.29 is 21.9 Å². The van der Waals surface area contributed by atoms with Gasteiger partial charge in [-0.2, -0.15) is 0 Å². The van der Waals surface area contributed by atoms with E-state index in [1.165, 1.54) is 5.56 Å². The molecule has 30 heavy (non-hydrogen) atoms. The highest BCUT2D eigenvalue weighted by Gasteiger charge is 2.08. The predicted octanol–water partition coefficient (Wildman–Crippen LogP) is 1.37. The second-order valence-corrected chi connectivity index (χ2v) is 6.89. The SMILES string of the molecule is COc1cc(CNc2ccc3[nH]c(=O)[nH]c3c2)ccc1OCc1ccccc1C.[Cl-]. The lowest BCUT2D eigenvalue weighted by Crippen LogP contribution is -3.00. The molecule has 4 aromatic rings. The molecule has 0 saturated heterocycles. The summed E-state index contributed by atoms with van der Waals surface area (Å²) in [5.41, 5.74) is 5.70. The quantitative estimate of drug-likeness (QED) is 0.418. The third-order valence-corrected chi connectivity index (χ3v) is 4.89. The lowest BCUT2D eigenvalue weighted by Gasteiger charge is -2.14. The molecule has 0 aliphatic rings. The van der Waals surface area contributed by atoms with Crippen molar-refractivity contribution in [2.75, 3.05) is 12.4 Å². The van der Waals surface area contributed by atoms with E-state index in [1.807, 2.05) is 48.5 Å². The van der Waals surface area contributed by atoms with Crippen LogP contribution in [0.15, 0.2) is 65.5 Å². The predicted molar refractivity (Wildman–Crippen MR) is 115 cm³/mol. The van der Waals surface area contributed by atoms with Gasteiger partial charge in [-0.1, -0.05) is 30.3 Å². The molecular weight excluding hydrogens is 402 g/mol. The summed E-state index contributed by atoms with van der Waals surface area (Å²) in [6.45, 7) is 3.19. The van der Waals surface area contributed by atoms with E-state index >= 15 is 0 Å². The van der Waals surface area contributed by atoms with Gasteiger partial charge in [0.2, 0.25) is 0 Å². The summed E-state index contributed by atoms with van der Waals surface area (Å²) in [5.74, 6) is 1.41. The molecule has 0 aliphatic heterocycles. The van der Waals surface area contributed by atoms with Gasteiger partial charge in [0.15, 0.2) is 11.5 Å². The van der Waals surface area contributed by atoms with Gasteiger partial charge in [-0.3, -0.25) is 0 Å². The maximum Gasteiger partial charge on any atom is 0.323 e. The molecule has 1 heterocycles. The first-order valence-corrected chi connectivity index (χ1v) is 9.42. The Labute approximate surface area is 180 Å². The molecule has 0 bridgehead atoms. The highest BCUT2D eigenvalue weighted by atomic mass is 35.5. The molecule has 3 N–H and O–H groups in total. The minimum absolute atomic E-state index is 0. The number of benzene rings is 3. The Bertz CT molecular complexity index is 1200. The van der Waals surface area contributed by atoms with Gasteiger partial charge in [-0.15, -0.1) is 0 Å². The molecule has 156 valence electrons. The van der Waals surface area contributed by atoms with Gasteiger partial charge in [-0.05, 0) is 53.9 Å². The number of rotatable bonds is 7. The Morgan fingerprint density at radius 2 is 1.73 bits per heavy atom. The molecule has 0 radical (unpaired) electrons. The molecule has 0 aliphatic carbocycles. The van der Waals surface area contributed by atoms with Crippen LogP contribution in [-0.2, 0) is 13.2 Å². The van der Waals surface area contributed by atoms with Gasteiger partial charge in [-0.25, -0.2) is 4.79 Å². The van der Waals surface area contributed by atoms with Gasteiger partial charge < -0.3 is 37.2 Å². The summed E-state index contributed by atoms with van der Waals surface area (Å²) in [5, 5.41) is 3.37. The van der Waals surface area contributed by atoms with Crippen LogP contribution < -0.4 is 32.9 Å². The number of imidazole rings is 1. The normalized spacial score (nSPS) is 10.5. The number of H-pyrrole nitrogens is 2. The van der Waals surface area contributed by atoms with Crippen LogP contribution in [0.25, 0.3) is 11.0 Å². The number of nitrogens with one attached hydrogen (secondary N) is 3. The fourth-order valence-corrected chi connectivity index (χ4v) is 3.22. The minimum Gasteiger partial charge on any atom is -1.00 e. The first-order chi connectivity index (χ1) is 14.1. The maximum atomic E-state index is 11.4. The lowest BCUT2D eigenvalue weighted by molar-refractivity contribution is -0.00000662. The molecule has 6 nitrogen and oxygen atoms in total. The first kappa shape index (κ1) is 21.3. The number of hydrogen-bond donors (Lipinski definition) is 3. The van der Waals surface area contributed by atoms with E-state index in [4.69, 9.17) is 9.47 Å². The van der Waals surface area contributed by atoms with Crippen LogP contribution in [0.3, 0.4) is 0 Å². The second kappa shape index (κ2) is 9.41. The smallest absolute Gasteiger partial charge is 0.323 e. The third kappa shape index (κ3) is 4.78. The van der Waals surface area contributed by atoms with Crippen molar-refractivity contribution in [2.24, 2.45) is 0 Å². The molecule has 7 heteroatoms. The second-order valence-electron chi connectivity index (χ2n) is 6.89. The number of halogens is 1. The summed E-state index contributed by atoms with van der Waals surface area (Å²) < 4.78 is 11.5. The molecule has 0 fully saturated rings. The number of aromatic amines is 2. The number of ether oxygens (including phenoxy) is 2. The minimum atomic E-state index is -0.205.